The van der Waals surface area contributed by atoms with E-state index >= 15 is 0 Å². The van der Waals surface area contributed by atoms with Gasteiger partial charge in [-0.15, -0.1) is 11.8 Å². The third kappa shape index (κ3) is 5.90. The molecule has 0 saturated heterocycles. The molecule has 2 unspecified atom stereocenters. The normalized spacial score (nSPS) is 13.0. The molecule has 1 amide bonds. The zero-order valence-corrected chi connectivity index (χ0v) is 14.6. The second-order valence-electron chi connectivity index (χ2n) is 5.54. The lowest BCUT2D eigenvalue weighted by molar-refractivity contribution is -0.137. The Bertz CT molecular complexity index is 706. The summed E-state index contributed by atoms with van der Waals surface area (Å²) >= 11 is 1.44. The van der Waals surface area contributed by atoms with Gasteiger partial charge in [-0.25, -0.2) is 4.39 Å². The number of nitrogens with one attached hydrogen (secondary N) is 1. The van der Waals surface area contributed by atoms with E-state index in [9.17, 15) is 14.0 Å². The van der Waals surface area contributed by atoms with E-state index in [1.54, 1.807) is 0 Å². The summed E-state index contributed by atoms with van der Waals surface area (Å²) in [6.45, 7) is 1.91. The van der Waals surface area contributed by atoms with E-state index in [-0.39, 0.29) is 17.6 Å². The molecule has 0 aromatic heterocycles. The Morgan fingerprint density at radius 2 is 1.76 bits per heavy atom. The van der Waals surface area contributed by atoms with Gasteiger partial charge in [0.1, 0.15) is 5.82 Å². The van der Waals surface area contributed by atoms with Gasteiger partial charge >= 0.3 is 5.97 Å². The Balaban J connectivity index is 2.11. The maximum absolute atomic E-state index is 13.1. The minimum absolute atomic E-state index is 0.230. The Kier molecular flexibility index (Phi) is 7.01. The fourth-order valence-electron chi connectivity index (χ4n) is 2.37. The quantitative estimate of drug-likeness (QED) is 0.697. The van der Waals surface area contributed by atoms with Crippen molar-refractivity contribution in [2.45, 2.75) is 36.0 Å². The number of rotatable bonds is 8. The van der Waals surface area contributed by atoms with Gasteiger partial charge in [-0.3, -0.25) is 9.59 Å². The zero-order chi connectivity index (χ0) is 18.2. The van der Waals surface area contributed by atoms with E-state index in [1.165, 1.54) is 36.0 Å². The molecule has 0 spiro atoms. The highest BCUT2D eigenvalue weighted by atomic mass is 32.2. The second kappa shape index (κ2) is 9.22. The summed E-state index contributed by atoms with van der Waals surface area (Å²) in [5.74, 6) is -1.67. The van der Waals surface area contributed by atoms with Gasteiger partial charge in [0, 0.05) is 4.90 Å². The van der Waals surface area contributed by atoms with Crippen LogP contribution < -0.4 is 5.32 Å². The number of carbonyl (C=O) groups excluding carboxylic acids is 1. The summed E-state index contributed by atoms with van der Waals surface area (Å²) in [5.41, 5.74) is 0.566. The molecule has 0 saturated carbocycles. The summed E-state index contributed by atoms with van der Waals surface area (Å²) in [7, 11) is 0. The molecule has 2 aromatic rings. The number of carboxylic acids is 1. The van der Waals surface area contributed by atoms with Crippen molar-refractivity contribution in [1.82, 2.24) is 5.32 Å². The first-order valence-electron chi connectivity index (χ1n) is 7.99. The monoisotopic (exact) mass is 361 g/mol. The van der Waals surface area contributed by atoms with Crippen molar-refractivity contribution in [1.29, 1.82) is 0 Å². The van der Waals surface area contributed by atoms with E-state index in [2.05, 4.69) is 5.32 Å². The van der Waals surface area contributed by atoms with Crippen molar-refractivity contribution in [2.24, 2.45) is 0 Å². The summed E-state index contributed by atoms with van der Waals surface area (Å²) < 4.78 is 13.1. The number of hydrogen-bond acceptors (Lipinski definition) is 3. The molecular formula is C19H20FNO3S. The van der Waals surface area contributed by atoms with E-state index in [1.807, 2.05) is 37.3 Å². The van der Waals surface area contributed by atoms with Crippen LogP contribution in [0, 0.1) is 5.82 Å². The van der Waals surface area contributed by atoms with Crippen LogP contribution in [0.2, 0.25) is 0 Å². The smallest absolute Gasteiger partial charge is 0.305 e. The van der Waals surface area contributed by atoms with Crippen molar-refractivity contribution in [3.05, 3.63) is 66.0 Å². The van der Waals surface area contributed by atoms with E-state index < -0.39 is 17.8 Å². The average molecular weight is 361 g/mol. The van der Waals surface area contributed by atoms with Gasteiger partial charge in [-0.2, -0.15) is 0 Å². The van der Waals surface area contributed by atoms with Crippen LogP contribution in [0.3, 0.4) is 0 Å². The molecule has 0 aliphatic heterocycles. The fraction of sp³-hybridized carbons (Fsp3) is 0.263. The van der Waals surface area contributed by atoms with Crippen LogP contribution in [0.4, 0.5) is 4.39 Å². The maximum Gasteiger partial charge on any atom is 0.305 e. The molecule has 4 nitrogen and oxygen atoms in total. The number of hydrogen-bond donors (Lipinski definition) is 2. The molecule has 0 aliphatic carbocycles. The summed E-state index contributed by atoms with van der Waals surface area (Å²) in [6, 6.07) is 14.4. The number of halogens is 1. The zero-order valence-electron chi connectivity index (χ0n) is 13.8. The minimum atomic E-state index is -1.03. The lowest BCUT2D eigenvalue weighted by atomic mass is 10.0. The first-order valence-corrected chi connectivity index (χ1v) is 8.87. The number of carboxylic acid groups (broad SMARTS) is 1. The average Bonchev–Trinajstić information content (AvgIpc) is 2.60. The van der Waals surface area contributed by atoms with Crippen LogP contribution in [-0.4, -0.2) is 22.2 Å². The molecule has 2 aromatic carbocycles. The molecule has 2 rings (SSSR count). The van der Waals surface area contributed by atoms with Crippen LogP contribution in [0.5, 0.6) is 0 Å². The summed E-state index contributed by atoms with van der Waals surface area (Å²) in [4.78, 5) is 24.7. The van der Waals surface area contributed by atoms with Crippen molar-refractivity contribution in [3.8, 4) is 0 Å². The fourth-order valence-corrected chi connectivity index (χ4v) is 3.36. The molecule has 132 valence electrons. The van der Waals surface area contributed by atoms with Crippen LogP contribution in [0.15, 0.2) is 59.5 Å². The number of carbonyl (C=O) groups is 2. The molecule has 2 atom stereocenters. The highest BCUT2D eigenvalue weighted by Crippen LogP contribution is 2.26. The van der Waals surface area contributed by atoms with Gasteiger partial charge in [0.25, 0.3) is 0 Å². The highest BCUT2D eigenvalue weighted by molar-refractivity contribution is 8.00. The molecule has 0 radical (unpaired) electrons. The van der Waals surface area contributed by atoms with Crippen LogP contribution in [0.25, 0.3) is 0 Å². The standard InChI is InChI=1S/C19H20FNO3S/c1-2-17(25-15-6-4-3-5-7-15)19(24)21-16(12-18(22)23)13-8-10-14(20)11-9-13/h3-11,16-17H,2,12H2,1H3,(H,21,24)(H,22,23). The third-order valence-corrected chi connectivity index (χ3v) is 5.03. The van der Waals surface area contributed by atoms with Gasteiger partial charge in [0.15, 0.2) is 0 Å². The third-order valence-electron chi connectivity index (χ3n) is 3.65. The van der Waals surface area contributed by atoms with Gasteiger partial charge < -0.3 is 10.4 Å². The molecular weight excluding hydrogens is 341 g/mol. The Morgan fingerprint density at radius 1 is 1.12 bits per heavy atom. The molecule has 0 bridgehead atoms. The van der Waals surface area contributed by atoms with Gasteiger partial charge in [0.05, 0.1) is 17.7 Å². The van der Waals surface area contributed by atoms with Gasteiger partial charge in [-0.05, 0) is 36.2 Å². The van der Waals surface area contributed by atoms with Crippen molar-refractivity contribution in [3.63, 3.8) is 0 Å². The van der Waals surface area contributed by atoms with E-state index in [0.717, 1.165) is 4.90 Å². The van der Waals surface area contributed by atoms with Crippen LogP contribution >= 0.6 is 11.8 Å². The first kappa shape index (κ1) is 19.0. The van der Waals surface area contributed by atoms with Gasteiger partial charge in [0.2, 0.25) is 5.91 Å². The van der Waals surface area contributed by atoms with Crippen molar-refractivity contribution >= 4 is 23.6 Å². The predicted molar refractivity (Wildman–Crippen MR) is 95.9 cm³/mol. The molecule has 25 heavy (non-hydrogen) atoms. The SMILES string of the molecule is CCC(Sc1ccccc1)C(=O)NC(CC(=O)O)c1ccc(F)cc1. The van der Waals surface area contributed by atoms with Gasteiger partial charge in [-0.1, -0.05) is 37.3 Å². The van der Waals surface area contributed by atoms with Crippen molar-refractivity contribution in [2.75, 3.05) is 0 Å². The van der Waals surface area contributed by atoms with Crippen molar-refractivity contribution < 1.29 is 19.1 Å². The minimum Gasteiger partial charge on any atom is -0.481 e. The molecule has 0 fully saturated rings. The summed E-state index contributed by atoms with van der Waals surface area (Å²) in [5, 5.41) is 11.6. The highest BCUT2D eigenvalue weighted by Gasteiger charge is 2.23. The largest absolute Gasteiger partial charge is 0.481 e. The van der Waals surface area contributed by atoms with E-state index in [0.29, 0.717) is 12.0 Å². The molecule has 0 heterocycles. The molecule has 2 N–H and O–H groups in total. The topological polar surface area (TPSA) is 66.4 Å². The Labute approximate surface area is 150 Å². The van der Waals surface area contributed by atoms with E-state index in [4.69, 9.17) is 5.11 Å². The predicted octanol–water partition coefficient (Wildman–Crippen LogP) is 4.03. The maximum atomic E-state index is 13.1. The number of thioether (sulfide) groups is 1. The van der Waals surface area contributed by atoms with Crippen LogP contribution in [-0.2, 0) is 9.59 Å². The first-order chi connectivity index (χ1) is 12.0. The number of aliphatic carboxylic acids is 1. The number of amides is 1. The molecule has 0 aliphatic rings. The number of benzene rings is 2. The summed E-state index contributed by atoms with van der Waals surface area (Å²) in [6.07, 6.45) is 0.346. The lowest BCUT2D eigenvalue weighted by Crippen LogP contribution is -2.36. The second-order valence-corrected chi connectivity index (χ2v) is 6.81. The van der Waals surface area contributed by atoms with Crippen LogP contribution in [0.1, 0.15) is 31.4 Å². The Morgan fingerprint density at radius 3 is 2.32 bits per heavy atom. The Hall–Kier alpha value is -2.34. The lowest BCUT2D eigenvalue weighted by Gasteiger charge is -2.21. The molecule has 6 heteroatoms.